The summed E-state index contributed by atoms with van der Waals surface area (Å²) in [6.45, 7) is 4.30. The number of ether oxygens (including phenoxy) is 3. The van der Waals surface area contributed by atoms with Crippen molar-refractivity contribution in [3.8, 4) is 11.5 Å². The number of esters is 1. The van der Waals surface area contributed by atoms with Crippen molar-refractivity contribution >= 4 is 23.4 Å². The normalized spacial score (nSPS) is 13.9. The lowest BCUT2D eigenvalue weighted by Gasteiger charge is -2.22. The Morgan fingerprint density at radius 1 is 1.25 bits per heavy atom. The minimum absolute atomic E-state index is 0.0149. The van der Waals surface area contributed by atoms with E-state index in [4.69, 9.17) is 31.2 Å². The summed E-state index contributed by atoms with van der Waals surface area (Å²) in [6, 6.07) is 5.46. The Hall–Kier alpha value is -2.67. The molecule has 2 rings (SSSR count). The second-order valence-corrected chi connectivity index (χ2v) is 6.91. The van der Waals surface area contributed by atoms with Gasteiger partial charge in [0.05, 0.1) is 21.3 Å². The van der Waals surface area contributed by atoms with E-state index >= 15 is 0 Å². The molecular formula is C20H26ClN3O4. The highest BCUT2D eigenvalue weighted by molar-refractivity contribution is 6.44. The van der Waals surface area contributed by atoms with Crippen LogP contribution in [-0.2, 0) is 16.1 Å². The SMILES string of the molecule is C=C(NC(C(=O)OC)=C(Cl)C(=N)N(C)Cc1cc(OC)cc(OC)c1)C1CC1. The van der Waals surface area contributed by atoms with E-state index in [-0.39, 0.29) is 16.6 Å². The van der Waals surface area contributed by atoms with Crippen LogP contribution in [0, 0.1) is 11.3 Å². The number of nitrogens with zero attached hydrogens (tertiary/aromatic N) is 1. The first kappa shape index (κ1) is 21.6. The van der Waals surface area contributed by atoms with Gasteiger partial charge in [-0.15, -0.1) is 0 Å². The summed E-state index contributed by atoms with van der Waals surface area (Å²) >= 11 is 6.38. The van der Waals surface area contributed by atoms with E-state index in [1.165, 1.54) is 7.11 Å². The van der Waals surface area contributed by atoms with E-state index in [0.717, 1.165) is 18.4 Å². The molecule has 28 heavy (non-hydrogen) atoms. The maximum atomic E-state index is 12.2. The Labute approximate surface area is 170 Å². The second kappa shape index (κ2) is 9.50. The fourth-order valence-corrected chi connectivity index (χ4v) is 2.86. The molecule has 0 unspecified atom stereocenters. The lowest BCUT2D eigenvalue weighted by Crippen LogP contribution is -2.31. The first-order valence-corrected chi connectivity index (χ1v) is 9.14. The lowest BCUT2D eigenvalue weighted by atomic mass is 10.2. The third-order valence-corrected chi connectivity index (χ3v) is 4.75. The van der Waals surface area contributed by atoms with Gasteiger partial charge in [0.2, 0.25) is 0 Å². The van der Waals surface area contributed by atoms with Crippen LogP contribution in [0.3, 0.4) is 0 Å². The summed E-state index contributed by atoms with van der Waals surface area (Å²) < 4.78 is 15.4. The average Bonchev–Trinajstić information content (AvgIpc) is 3.55. The summed E-state index contributed by atoms with van der Waals surface area (Å²) in [7, 11) is 6.13. The van der Waals surface area contributed by atoms with Gasteiger partial charge in [-0.3, -0.25) is 5.41 Å². The standard InChI is InChI=1S/C20H26ClN3O4/c1-12(14-6-7-14)23-18(20(25)28-5)17(21)19(22)24(2)11-13-8-15(26-3)10-16(9-13)27-4/h8-10,14,22-23H,1,6-7,11H2,2-5H3. The number of amidine groups is 1. The Morgan fingerprint density at radius 3 is 2.29 bits per heavy atom. The Morgan fingerprint density at radius 2 is 1.82 bits per heavy atom. The number of nitrogens with one attached hydrogen (secondary N) is 2. The Kier molecular flexibility index (Phi) is 7.34. The van der Waals surface area contributed by atoms with Crippen LogP contribution in [0.25, 0.3) is 0 Å². The molecule has 0 spiro atoms. The van der Waals surface area contributed by atoms with Gasteiger partial charge in [-0.1, -0.05) is 18.2 Å². The smallest absolute Gasteiger partial charge is 0.356 e. The molecule has 0 heterocycles. The Bertz CT molecular complexity index is 780. The fraction of sp³-hybridized carbons (Fsp3) is 0.400. The van der Waals surface area contributed by atoms with Crippen LogP contribution in [0.5, 0.6) is 11.5 Å². The van der Waals surface area contributed by atoms with Gasteiger partial charge in [0.25, 0.3) is 0 Å². The van der Waals surface area contributed by atoms with Gasteiger partial charge in [-0.05, 0) is 36.5 Å². The minimum Gasteiger partial charge on any atom is -0.497 e. The average molecular weight is 408 g/mol. The van der Waals surface area contributed by atoms with Crippen molar-refractivity contribution in [2.75, 3.05) is 28.4 Å². The van der Waals surface area contributed by atoms with Crippen molar-refractivity contribution < 1.29 is 19.0 Å². The molecule has 0 amide bonds. The van der Waals surface area contributed by atoms with Crippen LogP contribution in [0.1, 0.15) is 18.4 Å². The van der Waals surface area contributed by atoms with Crippen LogP contribution in [0.2, 0.25) is 0 Å². The number of methoxy groups -OCH3 is 3. The van der Waals surface area contributed by atoms with Crippen LogP contribution < -0.4 is 14.8 Å². The van der Waals surface area contributed by atoms with Crippen LogP contribution in [-0.4, -0.2) is 45.1 Å². The number of carbonyl (C=O) groups excluding carboxylic acids is 1. The molecule has 1 fully saturated rings. The third kappa shape index (κ3) is 5.42. The number of benzene rings is 1. The van der Waals surface area contributed by atoms with Gasteiger partial charge in [-0.2, -0.15) is 0 Å². The number of hydrogen-bond donors (Lipinski definition) is 2. The zero-order valence-electron chi connectivity index (χ0n) is 16.6. The molecule has 0 bridgehead atoms. The maximum absolute atomic E-state index is 12.2. The van der Waals surface area contributed by atoms with Gasteiger partial charge in [0.15, 0.2) is 0 Å². The van der Waals surface area contributed by atoms with Crippen molar-refractivity contribution in [3.05, 3.63) is 46.8 Å². The van der Waals surface area contributed by atoms with Crippen LogP contribution in [0.15, 0.2) is 41.2 Å². The summed E-state index contributed by atoms with van der Waals surface area (Å²) in [4.78, 5) is 13.8. The molecule has 0 radical (unpaired) electrons. The van der Waals surface area contributed by atoms with Crippen LogP contribution >= 0.6 is 11.6 Å². The number of halogens is 1. The summed E-state index contributed by atoms with van der Waals surface area (Å²) in [5.41, 5.74) is 1.58. The summed E-state index contributed by atoms with van der Waals surface area (Å²) in [5.74, 6) is 0.940. The molecule has 1 saturated carbocycles. The molecule has 0 aromatic heterocycles. The molecule has 1 aromatic carbocycles. The van der Waals surface area contributed by atoms with E-state index in [1.54, 1.807) is 32.2 Å². The van der Waals surface area contributed by atoms with Gasteiger partial charge >= 0.3 is 5.97 Å². The van der Waals surface area contributed by atoms with Gasteiger partial charge in [-0.25, -0.2) is 4.79 Å². The van der Waals surface area contributed by atoms with Gasteiger partial charge < -0.3 is 24.4 Å². The molecular weight excluding hydrogens is 382 g/mol. The molecule has 1 aromatic rings. The lowest BCUT2D eigenvalue weighted by molar-refractivity contribution is -0.136. The topological polar surface area (TPSA) is 83.9 Å². The van der Waals surface area contributed by atoms with E-state index in [2.05, 4.69) is 11.9 Å². The molecule has 1 aliphatic rings. The second-order valence-electron chi connectivity index (χ2n) is 6.53. The molecule has 2 N–H and O–H groups in total. The molecule has 0 atom stereocenters. The molecule has 0 saturated heterocycles. The van der Waals surface area contributed by atoms with E-state index in [0.29, 0.717) is 29.7 Å². The summed E-state index contributed by atoms with van der Waals surface area (Å²) in [5, 5.41) is 11.3. The van der Waals surface area contributed by atoms with Gasteiger partial charge in [0.1, 0.15) is 28.1 Å². The monoisotopic (exact) mass is 407 g/mol. The van der Waals surface area contributed by atoms with Crippen molar-refractivity contribution in [3.63, 3.8) is 0 Å². The molecule has 8 heteroatoms. The zero-order valence-corrected chi connectivity index (χ0v) is 17.4. The predicted molar refractivity (Wildman–Crippen MR) is 109 cm³/mol. The largest absolute Gasteiger partial charge is 0.497 e. The molecule has 0 aliphatic heterocycles. The van der Waals surface area contributed by atoms with Crippen molar-refractivity contribution in [2.45, 2.75) is 19.4 Å². The minimum atomic E-state index is -0.645. The zero-order chi connectivity index (χ0) is 20.8. The molecule has 7 nitrogen and oxygen atoms in total. The quantitative estimate of drug-likeness (QED) is 0.283. The number of likely N-dealkylation sites (N-methyl/N-ethyl adjacent to an activating group) is 1. The van der Waals surface area contributed by atoms with Gasteiger partial charge in [0, 0.05) is 25.4 Å². The van der Waals surface area contributed by atoms with Crippen molar-refractivity contribution in [1.29, 1.82) is 5.41 Å². The maximum Gasteiger partial charge on any atom is 0.356 e. The number of hydrogen-bond acceptors (Lipinski definition) is 6. The number of allylic oxidation sites excluding steroid dienone is 1. The molecule has 1 aliphatic carbocycles. The molecule has 152 valence electrons. The number of carbonyl (C=O) groups is 1. The highest BCUT2D eigenvalue weighted by Crippen LogP contribution is 2.35. The Balaban J connectivity index is 2.21. The summed E-state index contributed by atoms with van der Waals surface area (Å²) in [6.07, 6.45) is 2.04. The third-order valence-electron chi connectivity index (χ3n) is 4.39. The van der Waals surface area contributed by atoms with E-state index < -0.39 is 5.97 Å². The highest BCUT2D eigenvalue weighted by atomic mass is 35.5. The highest BCUT2D eigenvalue weighted by Gasteiger charge is 2.28. The van der Waals surface area contributed by atoms with Crippen LogP contribution in [0.4, 0.5) is 0 Å². The first-order chi connectivity index (χ1) is 13.3. The first-order valence-electron chi connectivity index (χ1n) is 8.76. The fourth-order valence-electron chi connectivity index (χ4n) is 2.59. The predicted octanol–water partition coefficient (Wildman–Crippen LogP) is 3.25. The van der Waals surface area contributed by atoms with Crippen molar-refractivity contribution in [2.24, 2.45) is 5.92 Å². The van der Waals surface area contributed by atoms with Crippen molar-refractivity contribution in [1.82, 2.24) is 10.2 Å². The van der Waals surface area contributed by atoms with E-state index in [1.807, 2.05) is 12.1 Å². The number of rotatable bonds is 9. The van der Waals surface area contributed by atoms with E-state index in [9.17, 15) is 4.79 Å².